The summed E-state index contributed by atoms with van der Waals surface area (Å²) < 4.78 is 12.8. The van der Waals surface area contributed by atoms with E-state index in [9.17, 15) is 9.18 Å². The monoisotopic (exact) mass is 204 g/mol. The lowest BCUT2D eigenvalue weighted by Crippen LogP contribution is -2.04. The number of aromatic nitrogens is 1. The molecular weight excluding hydrogens is 195 g/mol. The summed E-state index contributed by atoms with van der Waals surface area (Å²) in [5.41, 5.74) is 6.53. The summed E-state index contributed by atoms with van der Waals surface area (Å²) in [6, 6.07) is 5.39. The van der Waals surface area contributed by atoms with E-state index in [4.69, 9.17) is 5.73 Å². The molecule has 0 aliphatic carbocycles. The van der Waals surface area contributed by atoms with Gasteiger partial charge in [-0.1, -0.05) is 0 Å². The number of aromatic amines is 1. The molecule has 3 nitrogen and oxygen atoms in total. The zero-order chi connectivity index (χ0) is 10.8. The first kappa shape index (κ1) is 9.45. The molecule has 0 saturated carbocycles. The SMILES string of the molecule is Nc1cc(F)ccc1C(=O)c1cc[nH]c1. The lowest BCUT2D eigenvalue weighted by Gasteiger charge is -2.02. The summed E-state index contributed by atoms with van der Waals surface area (Å²) in [7, 11) is 0. The Hall–Kier alpha value is -2.10. The van der Waals surface area contributed by atoms with Gasteiger partial charge < -0.3 is 10.7 Å². The van der Waals surface area contributed by atoms with Gasteiger partial charge in [-0.05, 0) is 24.3 Å². The zero-order valence-electron chi connectivity index (χ0n) is 7.83. The maximum atomic E-state index is 12.8. The van der Waals surface area contributed by atoms with Gasteiger partial charge in [-0.3, -0.25) is 4.79 Å². The number of H-pyrrole nitrogens is 1. The van der Waals surface area contributed by atoms with E-state index in [-0.39, 0.29) is 11.5 Å². The Morgan fingerprint density at radius 1 is 1.33 bits per heavy atom. The molecule has 4 heteroatoms. The Bertz CT molecular complexity index is 491. The standard InChI is InChI=1S/C11H9FN2O/c12-8-1-2-9(10(13)5-8)11(15)7-3-4-14-6-7/h1-6,14H,13H2. The first-order valence-corrected chi connectivity index (χ1v) is 4.41. The summed E-state index contributed by atoms with van der Waals surface area (Å²) in [5, 5.41) is 0. The van der Waals surface area contributed by atoms with Crippen LogP contribution in [0.25, 0.3) is 0 Å². The lowest BCUT2D eigenvalue weighted by atomic mass is 10.0. The number of benzene rings is 1. The second-order valence-corrected chi connectivity index (χ2v) is 3.16. The van der Waals surface area contributed by atoms with Crippen molar-refractivity contribution in [2.24, 2.45) is 0 Å². The smallest absolute Gasteiger partial charge is 0.196 e. The van der Waals surface area contributed by atoms with E-state index in [2.05, 4.69) is 4.98 Å². The van der Waals surface area contributed by atoms with Crippen molar-refractivity contribution in [1.82, 2.24) is 4.98 Å². The highest BCUT2D eigenvalue weighted by Crippen LogP contribution is 2.17. The van der Waals surface area contributed by atoms with Crippen molar-refractivity contribution in [3.63, 3.8) is 0 Å². The number of carbonyl (C=O) groups is 1. The van der Waals surface area contributed by atoms with E-state index in [1.54, 1.807) is 18.5 Å². The molecule has 1 aromatic carbocycles. The molecule has 2 rings (SSSR count). The van der Waals surface area contributed by atoms with Crippen LogP contribution in [0.3, 0.4) is 0 Å². The average Bonchev–Trinajstić information content (AvgIpc) is 2.69. The van der Waals surface area contributed by atoms with Crippen molar-refractivity contribution < 1.29 is 9.18 Å². The van der Waals surface area contributed by atoms with Gasteiger partial charge in [0.15, 0.2) is 5.78 Å². The van der Waals surface area contributed by atoms with Crippen LogP contribution >= 0.6 is 0 Å². The van der Waals surface area contributed by atoms with Gasteiger partial charge in [0.05, 0.1) is 0 Å². The third-order valence-corrected chi connectivity index (χ3v) is 2.12. The van der Waals surface area contributed by atoms with Crippen molar-refractivity contribution in [3.05, 3.63) is 53.6 Å². The number of nitrogens with one attached hydrogen (secondary N) is 1. The first-order valence-electron chi connectivity index (χ1n) is 4.41. The second-order valence-electron chi connectivity index (χ2n) is 3.16. The summed E-state index contributed by atoms with van der Waals surface area (Å²) in [6.07, 6.45) is 3.22. The van der Waals surface area contributed by atoms with Gasteiger partial charge in [-0.25, -0.2) is 4.39 Å². The maximum absolute atomic E-state index is 12.8. The van der Waals surface area contributed by atoms with Crippen molar-refractivity contribution in [2.45, 2.75) is 0 Å². The van der Waals surface area contributed by atoms with Crippen LogP contribution in [0, 0.1) is 5.82 Å². The van der Waals surface area contributed by atoms with Crippen LogP contribution in [-0.2, 0) is 0 Å². The number of carbonyl (C=O) groups excluding carboxylic acids is 1. The van der Waals surface area contributed by atoms with Crippen LogP contribution in [0.5, 0.6) is 0 Å². The Kier molecular flexibility index (Phi) is 2.25. The third-order valence-electron chi connectivity index (χ3n) is 2.12. The molecule has 15 heavy (non-hydrogen) atoms. The fraction of sp³-hybridized carbons (Fsp3) is 0. The number of anilines is 1. The third kappa shape index (κ3) is 1.74. The molecule has 0 saturated heterocycles. The summed E-state index contributed by atoms with van der Waals surface area (Å²) in [5.74, 6) is -0.660. The van der Waals surface area contributed by atoms with Crippen LogP contribution in [0.4, 0.5) is 10.1 Å². The Labute approximate surface area is 85.7 Å². The molecule has 0 aliphatic rings. The fourth-order valence-corrected chi connectivity index (χ4v) is 1.36. The minimum absolute atomic E-state index is 0.154. The second kappa shape index (κ2) is 3.57. The molecule has 3 N–H and O–H groups in total. The predicted octanol–water partition coefficient (Wildman–Crippen LogP) is 1.97. The normalized spacial score (nSPS) is 10.2. The topological polar surface area (TPSA) is 58.9 Å². The van der Waals surface area contributed by atoms with Gasteiger partial charge in [0.1, 0.15) is 5.82 Å². The Balaban J connectivity index is 2.42. The maximum Gasteiger partial charge on any atom is 0.196 e. The number of nitrogens with two attached hydrogens (primary N) is 1. The summed E-state index contributed by atoms with van der Waals surface area (Å²) in [4.78, 5) is 14.6. The van der Waals surface area contributed by atoms with Crippen LogP contribution in [0.2, 0.25) is 0 Å². The molecule has 0 amide bonds. The quantitative estimate of drug-likeness (QED) is 0.580. The van der Waals surface area contributed by atoms with E-state index in [0.717, 1.165) is 6.07 Å². The van der Waals surface area contributed by atoms with E-state index >= 15 is 0 Å². The lowest BCUT2D eigenvalue weighted by molar-refractivity contribution is 0.103. The summed E-state index contributed by atoms with van der Waals surface area (Å²) >= 11 is 0. The molecule has 1 heterocycles. The molecule has 0 spiro atoms. The van der Waals surface area contributed by atoms with E-state index in [1.807, 2.05) is 0 Å². The number of halogens is 1. The highest BCUT2D eigenvalue weighted by molar-refractivity contribution is 6.11. The molecule has 0 unspecified atom stereocenters. The van der Waals surface area contributed by atoms with Crippen LogP contribution in [0.1, 0.15) is 15.9 Å². The van der Waals surface area contributed by atoms with Crippen molar-refractivity contribution in [3.8, 4) is 0 Å². The predicted molar refractivity (Wildman–Crippen MR) is 55.0 cm³/mol. The first-order chi connectivity index (χ1) is 7.18. The van der Waals surface area contributed by atoms with Crippen molar-refractivity contribution in [1.29, 1.82) is 0 Å². The molecule has 2 aromatic rings. The Morgan fingerprint density at radius 3 is 2.73 bits per heavy atom. The van der Waals surface area contributed by atoms with E-state index in [1.165, 1.54) is 12.1 Å². The van der Waals surface area contributed by atoms with E-state index in [0.29, 0.717) is 11.1 Å². The molecular formula is C11H9FN2O. The van der Waals surface area contributed by atoms with Crippen LogP contribution in [0.15, 0.2) is 36.7 Å². The number of hydrogen-bond donors (Lipinski definition) is 2. The van der Waals surface area contributed by atoms with Gasteiger partial charge >= 0.3 is 0 Å². The van der Waals surface area contributed by atoms with Crippen LogP contribution in [-0.4, -0.2) is 10.8 Å². The average molecular weight is 204 g/mol. The van der Waals surface area contributed by atoms with Gasteiger partial charge in [-0.15, -0.1) is 0 Å². The molecule has 0 bridgehead atoms. The number of hydrogen-bond acceptors (Lipinski definition) is 2. The largest absolute Gasteiger partial charge is 0.398 e. The number of ketones is 1. The van der Waals surface area contributed by atoms with E-state index < -0.39 is 5.82 Å². The van der Waals surface area contributed by atoms with Crippen LogP contribution < -0.4 is 5.73 Å². The number of rotatable bonds is 2. The minimum atomic E-state index is -0.446. The highest BCUT2D eigenvalue weighted by atomic mass is 19.1. The molecule has 0 atom stereocenters. The van der Waals surface area contributed by atoms with Gasteiger partial charge in [0.25, 0.3) is 0 Å². The highest BCUT2D eigenvalue weighted by Gasteiger charge is 2.12. The minimum Gasteiger partial charge on any atom is -0.398 e. The zero-order valence-corrected chi connectivity index (χ0v) is 7.83. The van der Waals surface area contributed by atoms with Crippen molar-refractivity contribution >= 4 is 11.5 Å². The molecule has 0 aliphatic heterocycles. The summed E-state index contributed by atoms with van der Waals surface area (Å²) in [6.45, 7) is 0. The van der Waals surface area contributed by atoms with Gasteiger partial charge in [0.2, 0.25) is 0 Å². The Morgan fingerprint density at radius 2 is 2.13 bits per heavy atom. The molecule has 0 fully saturated rings. The van der Waals surface area contributed by atoms with Gasteiger partial charge in [0, 0.05) is 29.2 Å². The molecule has 76 valence electrons. The number of nitrogen functional groups attached to an aromatic ring is 1. The fourth-order valence-electron chi connectivity index (χ4n) is 1.36. The molecule has 0 radical (unpaired) electrons. The van der Waals surface area contributed by atoms with Gasteiger partial charge in [-0.2, -0.15) is 0 Å². The van der Waals surface area contributed by atoms with Crippen molar-refractivity contribution in [2.75, 3.05) is 5.73 Å². The molecule has 1 aromatic heterocycles.